The van der Waals surface area contributed by atoms with Crippen molar-refractivity contribution in [2.24, 2.45) is 0 Å². The molecule has 0 heterocycles. The maximum Gasteiger partial charge on any atom is 0.264 e. The molecule has 12 heteroatoms. The van der Waals surface area contributed by atoms with Gasteiger partial charge in [-0.05, 0) is 67.8 Å². The Morgan fingerprint density at radius 2 is 1.43 bits per heavy atom. The third-order valence-corrected chi connectivity index (χ3v) is 11.6. The molecule has 1 N–H and O–H groups in total. The topological polar surface area (TPSA) is 86.8 Å². The molecular formula is C37H37Cl4N3O4S. The number of carbonyl (C=O) groups is 2. The van der Waals surface area contributed by atoms with Crippen LogP contribution in [0.2, 0.25) is 20.1 Å². The van der Waals surface area contributed by atoms with E-state index in [1.54, 1.807) is 30.3 Å². The van der Waals surface area contributed by atoms with Gasteiger partial charge in [0, 0.05) is 44.7 Å². The Labute approximate surface area is 308 Å². The third-order valence-electron chi connectivity index (χ3n) is 8.64. The summed E-state index contributed by atoms with van der Waals surface area (Å²) in [6.45, 7) is 1.02. The van der Waals surface area contributed by atoms with Gasteiger partial charge in [-0.25, -0.2) is 8.42 Å². The highest BCUT2D eigenvalue weighted by atomic mass is 35.5. The zero-order valence-corrected chi connectivity index (χ0v) is 30.8. The lowest BCUT2D eigenvalue weighted by Gasteiger charge is -2.35. The molecule has 0 unspecified atom stereocenters. The molecule has 1 atom stereocenters. The van der Waals surface area contributed by atoms with Gasteiger partial charge in [0.15, 0.2) is 0 Å². The van der Waals surface area contributed by atoms with Crippen LogP contribution in [0, 0.1) is 6.92 Å². The Hall–Kier alpha value is -3.27. The van der Waals surface area contributed by atoms with E-state index < -0.39 is 28.5 Å². The normalized spacial score (nSPS) is 14.2. The van der Waals surface area contributed by atoms with E-state index in [0.29, 0.717) is 15.6 Å². The van der Waals surface area contributed by atoms with Gasteiger partial charge in [0.25, 0.3) is 10.0 Å². The van der Waals surface area contributed by atoms with Crippen LogP contribution in [0.3, 0.4) is 0 Å². The first-order chi connectivity index (χ1) is 23.4. The van der Waals surface area contributed by atoms with Crippen molar-refractivity contribution >= 4 is 73.9 Å². The molecule has 49 heavy (non-hydrogen) atoms. The predicted octanol–water partition coefficient (Wildman–Crippen LogP) is 8.89. The molecule has 7 nitrogen and oxygen atoms in total. The number of aryl methyl sites for hydroxylation is 1. The van der Waals surface area contributed by atoms with Crippen molar-refractivity contribution in [1.29, 1.82) is 0 Å². The summed E-state index contributed by atoms with van der Waals surface area (Å²) in [6.07, 6.45) is 4.95. The number of halogens is 4. The zero-order valence-electron chi connectivity index (χ0n) is 26.9. The maximum absolute atomic E-state index is 14.8. The minimum absolute atomic E-state index is 0.0291. The van der Waals surface area contributed by atoms with E-state index in [-0.39, 0.29) is 45.5 Å². The van der Waals surface area contributed by atoms with Crippen LogP contribution in [-0.4, -0.2) is 43.8 Å². The van der Waals surface area contributed by atoms with Crippen molar-refractivity contribution in [2.75, 3.05) is 10.8 Å². The quantitative estimate of drug-likeness (QED) is 0.156. The first-order valence-corrected chi connectivity index (χ1v) is 19.0. The van der Waals surface area contributed by atoms with Gasteiger partial charge in [-0.15, -0.1) is 0 Å². The van der Waals surface area contributed by atoms with Crippen molar-refractivity contribution in [3.8, 4) is 0 Å². The van der Waals surface area contributed by atoms with E-state index in [1.807, 2.05) is 37.3 Å². The van der Waals surface area contributed by atoms with Crippen LogP contribution in [0.15, 0.2) is 95.9 Å². The molecule has 0 radical (unpaired) electrons. The average Bonchev–Trinajstić information content (AvgIpc) is 3.07. The van der Waals surface area contributed by atoms with Crippen LogP contribution >= 0.6 is 46.4 Å². The zero-order chi connectivity index (χ0) is 35.1. The van der Waals surface area contributed by atoms with E-state index >= 15 is 0 Å². The van der Waals surface area contributed by atoms with Gasteiger partial charge in [0.2, 0.25) is 11.8 Å². The van der Waals surface area contributed by atoms with Crippen molar-refractivity contribution in [3.63, 3.8) is 0 Å². The number of carbonyl (C=O) groups excluding carboxylic acids is 2. The average molecular weight is 762 g/mol. The Morgan fingerprint density at radius 1 is 0.816 bits per heavy atom. The number of sulfonamides is 1. The molecule has 1 aliphatic rings. The van der Waals surface area contributed by atoms with Crippen LogP contribution < -0.4 is 9.62 Å². The standard InChI is InChI=1S/C37H37Cl4N3O4S/c1-25-15-17-31(18-16-25)49(47,48)44(30-21-27(38)20-28(39)22-30)24-36(45)43(23-32-33(40)13-8-14-34(32)41)35(19-26-9-4-2-5-10-26)37(46)42-29-11-6-3-7-12-29/h2,4-5,8-10,13-18,20-22,29,35H,3,6-7,11-12,19,23-24H2,1H3,(H,42,46)/t35-/m1/s1. The molecule has 4 aromatic rings. The molecular weight excluding hydrogens is 724 g/mol. The maximum atomic E-state index is 14.8. The number of hydrogen-bond donors (Lipinski definition) is 1. The summed E-state index contributed by atoms with van der Waals surface area (Å²) in [6, 6.07) is 23.9. The Kier molecular flexibility index (Phi) is 12.6. The van der Waals surface area contributed by atoms with Gasteiger partial charge in [0.05, 0.1) is 10.6 Å². The summed E-state index contributed by atoms with van der Waals surface area (Å²) in [5.41, 5.74) is 2.21. The lowest BCUT2D eigenvalue weighted by Crippen LogP contribution is -2.55. The first kappa shape index (κ1) is 37.0. The number of amides is 2. The Morgan fingerprint density at radius 3 is 2.04 bits per heavy atom. The van der Waals surface area contributed by atoms with Crippen LogP contribution in [0.1, 0.15) is 48.8 Å². The fraction of sp³-hybridized carbons (Fsp3) is 0.297. The third kappa shape index (κ3) is 9.50. The molecule has 0 bridgehead atoms. The second kappa shape index (κ2) is 16.6. The summed E-state index contributed by atoms with van der Waals surface area (Å²) < 4.78 is 29.6. The second-order valence-corrected chi connectivity index (χ2v) is 15.8. The van der Waals surface area contributed by atoms with E-state index in [2.05, 4.69) is 5.32 Å². The van der Waals surface area contributed by atoms with Crippen LogP contribution in [0.4, 0.5) is 5.69 Å². The Balaban J connectivity index is 1.61. The minimum atomic E-state index is -4.33. The van der Waals surface area contributed by atoms with Crippen molar-refractivity contribution in [2.45, 2.75) is 69.0 Å². The number of hydrogen-bond acceptors (Lipinski definition) is 4. The molecule has 1 saturated carbocycles. The van der Waals surface area contributed by atoms with Gasteiger partial charge >= 0.3 is 0 Å². The molecule has 4 aromatic carbocycles. The smallest absolute Gasteiger partial charge is 0.264 e. The summed E-state index contributed by atoms with van der Waals surface area (Å²) >= 11 is 25.9. The molecule has 2 amide bonds. The largest absolute Gasteiger partial charge is 0.352 e. The SMILES string of the molecule is Cc1ccc(S(=O)(=O)N(CC(=O)N(Cc2c(Cl)cccc2Cl)[C@H](Cc2ccccc2)C(=O)NC2CCCCC2)c2cc(Cl)cc(Cl)c2)cc1. The van der Waals surface area contributed by atoms with Crippen molar-refractivity contribution in [3.05, 3.63) is 128 Å². The lowest BCUT2D eigenvalue weighted by atomic mass is 9.94. The van der Waals surface area contributed by atoms with E-state index in [9.17, 15) is 18.0 Å². The van der Waals surface area contributed by atoms with E-state index in [1.165, 1.54) is 35.2 Å². The monoisotopic (exact) mass is 759 g/mol. The fourth-order valence-corrected chi connectivity index (χ4v) is 8.43. The number of anilines is 1. The predicted molar refractivity (Wildman–Crippen MR) is 198 cm³/mol. The molecule has 0 spiro atoms. The molecule has 258 valence electrons. The first-order valence-electron chi connectivity index (χ1n) is 16.0. The summed E-state index contributed by atoms with van der Waals surface area (Å²) in [4.78, 5) is 30.4. The van der Waals surface area contributed by atoms with Crippen molar-refractivity contribution in [1.82, 2.24) is 10.2 Å². The van der Waals surface area contributed by atoms with E-state index in [0.717, 1.165) is 47.5 Å². The number of nitrogens with one attached hydrogen (secondary N) is 1. The molecule has 1 fully saturated rings. The summed E-state index contributed by atoms with van der Waals surface area (Å²) in [5.74, 6) is -0.992. The number of benzene rings is 4. The van der Waals surface area contributed by atoms with Gasteiger partial charge < -0.3 is 10.2 Å². The van der Waals surface area contributed by atoms with Crippen LogP contribution in [0.25, 0.3) is 0 Å². The van der Waals surface area contributed by atoms with Gasteiger partial charge in [0.1, 0.15) is 12.6 Å². The molecule has 0 aliphatic heterocycles. The summed E-state index contributed by atoms with van der Waals surface area (Å²) in [5, 5.41) is 4.18. The van der Waals surface area contributed by atoms with Gasteiger partial charge in [-0.3, -0.25) is 13.9 Å². The highest BCUT2D eigenvalue weighted by molar-refractivity contribution is 7.92. The van der Waals surface area contributed by atoms with E-state index in [4.69, 9.17) is 46.4 Å². The lowest BCUT2D eigenvalue weighted by molar-refractivity contribution is -0.140. The van der Waals surface area contributed by atoms with Crippen LogP contribution in [0.5, 0.6) is 0 Å². The molecule has 0 saturated heterocycles. The molecule has 5 rings (SSSR count). The summed E-state index contributed by atoms with van der Waals surface area (Å²) in [7, 11) is -4.33. The van der Waals surface area contributed by atoms with Gasteiger partial charge in [-0.1, -0.05) is 120 Å². The fourth-order valence-electron chi connectivity index (χ4n) is 6.00. The minimum Gasteiger partial charge on any atom is -0.352 e. The van der Waals surface area contributed by atoms with Crippen LogP contribution in [-0.2, 0) is 32.6 Å². The number of nitrogens with zero attached hydrogens (tertiary/aromatic N) is 2. The molecule has 1 aliphatic carbocycles. The van der Waals surface area contributed by atoms with Crippen molar-refractivity contribution < 1.29 is 18.0 Å². The van der Waals surface area contributed by atoms with Gasteiger partial charge in [-0.2, -0.15) is 0 Å². The second-order valence-electron chi connectivity index (χ2n) is 12.2. The highest BCUT2D eigenvalue weighted by Gasteiger charge is 2.36. The number of rotatable bonds is 12. The Bertz CT molecular complexity index is 1850. The molecule has 0 aromatic heterocycles. The highest BCUT2D eigenvalue weighted by Crippen LogP contribution is 2.32.